The molecule has 1 aromatic heterocycles. The SMILES string of the molecule is NC(=O)CN1CCc2ccc(NC(=O)c3cc(C(F)(F)F)cc4[nH]cnc34)cc2C1. The number of hydrogen-bond donors (Lipinski definition) is 3. The average Bonchev–Trinajstić information content (AvgIpc) is 3.14. The molecule has 30 heavy (non-hydrogen) atoms. The number of aromatic nitrogens is 2. The summed E-state index contributed by atoms with van der Waals surface area (Å²) < 4.78 is 39.6. The lowest BCUT2D eigenvalue weighted by molar-refractivity contribution is -0.137. The van der Waals surface area contributed by atoms with Gasteiger partial charge in [-0.2, -0.15) is 13.2 Å². The fourth-order valence-electron chi connectivity index (χ4n) is 3.63. The largest absolute Gasteiger partial charge is 0.416 e. The van der Waals surface area contributed by atoms with E-state index < -0.39 is 23.6 Å². The second kappa shape index (κ2) is 7.45. The summed E-state index contributed by atoms with van der Waals surface area (Å²) in [6, 6.07) is 7.05. The zero-order valence-corrected chi connectivity index (χ0v) is 15.7. The summed E-state index contributed by atoms with van der Waals surface area (Å²) in [6.45, 7) is 1.33. The number of halogens is 3. The monoisotopic (exact) mass is 417 g/mol. The Hall–Kier alpha value is -3.40. The first kappa shape index (κ1) is 19.9. The lowest BCUT2D eigenvalue weighted by Gasteiger charge is -2.28. The molecule has 0 aliphatic carbocycles. The van der Waals surface area contributed by atoms with Gasteiger partial charge in [0.2, 0.25) is 5.91 Å². The van der Waals surface area contributed by atoms with Crippen LogP contribution < -0.4 is 11.1 Å². The van der Waals surface area contributed by atoms with Gasteiger partial charge in [0.05, 0.1) is 29.5 Å². The minimum absolute atomic E-state index is 0.127. The van der Waals surface area contributed by atoms with Crippen molar-refractivity contribution >= 4 is 28.5 Å². The summed E-state index contributed by atoms with van der Waals surface area (Å²) in [5.74, 6) is -1.11. The van der Waals surface area contributed by atoms with Gasteiger partial charge >= 0.3 is 6.18 Å². The molecule has 10 heteroatoms. The zero-order valence-electron chi connectivity index (χ0n) is 15.7. The molecule has 3 aromatic rings. The summed E-state index contributed by atoms with van der Waals surface area (Å²) in [4.78, 5) is 32.4. The fourth-order valence-corrected chi connectivity index (χ4v) is 3.63. The Balaban J connectivity index is 1.61. The Morgan fingerprint density at radius 2 is 2.00 bits per heavy atom. The van der Waals surface area contributed by atoms with Gasteiger partial charge in [0, 0.05) is 18.8 Å². The van der Waals surface area contributed by atoms with E-state index in [2.05, 4.69) is 15.3 Å². The van der Waals surface area contributed by atoms with Crippen molar-refractivity contribution in [3.05, 3.63) is 58.9 Å². The minimum Gasteiger partial charge on any atom is -0.369 e. The molecular weight excluding hydrogens is 399 g/mol. The number of benzene rings is 2. The van der Waals surface area contributed by atoms with Crippen LogP contribution in [0.25, 0.3) is 11.0 Å². The summed E-state index contributed by atoms with van der Waals surface area (Å²) in [7, 11) is 0. The van der Waals surface area contributed by atoms with E-state index >= 15 is 0 Å². The van der Waals surface area contributed by atoms with Gasteiger partial charge < -0.3 is 16.0 Å². The highest BCUT2D eigenvalue weighted by Crippen LogP contribution is 2.33. The number of nitrogens with one attached hydrogen (secondary N) is 2. The van der Waals surface area contributed by atoms with Crippen molar-refractivity contribution in [3.8, 4) is 0 Å². The van der Waals surface area contributed by atoms with Crippen molar-refractivity contribution in [2.75, 3.05) is 18.4 Å². The zero-order chi connectivity index (χ0) is 21.5. The number of rotatable bonds is 4. The summed E-state index contributed by atoms with van der Waals surface area (Å²) >= 11 is 0. The van der Waals surface area contributed by atoms with Crippen molar-refractivity contribution in [3.63, 3.8) is 0 Å². The van der Waals surface area contributed by atoms with Gasteiger partial charge in [-0.05, 0) is 41.8 Å². The first-order valence-corrected chi connectivity index (χ1v) is 9.19. The number of imidazole rings is 1. The molecule has 0 saturated carbocycles. The lowest BCUT2D eigenvalue weighted by Crippen LogP contribution is -2.37. The molecule has 0 unspecified atom stereocenters. The van der Waals surface area contributed by atoms with E-state index in [0.29, 0.717) is 18.8 Å². The Labute approximate surface area is 169 Å². The van der Waals surface area contributed by atoms with Crippen molar-refractivity contribution in [1.82, 2.24) is 14.9 Å². The number of carbonyl (C=O) groups excluding carboxylic acids is 2. The van der Waals surface area contributed by atoms with Crippen molar-refractivity contribution in [2.45, 2.75) is 19.1 Å². The molecule has 7 nitrogen and oxygen atoms in total. The number of aromatic amines is 1. The molecule has 2 amide bonds. The number of carbonyl (C=O) groups is 2. The number of H-pyrrole nitrogens is 1. The van der Waals surface area contributed by atoms with Crippen LogP contribution in [0, 0.1) is 0 Å². The summed E-state index contributed by atoms with van der Waals surface area (Å²) in [5, 5.41) is 2.65. The number of anilines is 1. The highest BCUT2D eigenvalue weighted by atomic mass is 19.4. The molecule has 0 saturated heterocycles. The molecular formula is C20H18F3N5O2. The first-order valence-electron chi connectivity index (χ1n) is 9.19. The number of primary amides is 1. The first-order chi connectivity index (χ1) is 14.2. The molecule has 1 aliphatic rings. The number of alkyl halides is 3. The van der Waals surface area contributed by atoms with Gasteiger partial charge in [0.15, 0.2) is 0 Å². The van der Waals surface area contributed by atoms with Crippen molar-refractivity contribution < 1.29 is 22.8 Å². The van der Waals surface area contributed by atoms with E-state index in [-0.39, 0.29) is 23.1 Å². The average molecular weight is 417 g/mol. The van der Waals surface area contributed by atoms with Gasteiger partial charge in [-0.1, -0.05) is 6.07 Å². The smallest absolute Gasteiger partial charge is 0.369 e. The molecule has 4 N–H and O–H groups in total. The highest BCUT2D eigenvalue weighted by molar-refractivity contribution is 6.11. The number of hydrogen-bond acceptors (Lipinski definition) is 4. The van der Waals surface area contributed by atoms with Crippen LogP contribution in [0.2, 0.25) is 0 Å². The molecule has 0 atom stereocenters. The van der Waals surface area contributed by atoms with E-state index in [1.54, 1.807) is 12.1 Å². The quantitative estimate of drug-likeness (QED) is 0.607. The van der Waals surface area contributed by atoms with Gasteiger partial charge in [0.1, 0.15) is 5.52 Å². The van der Waals surface area contributed by atoms with E-state index in [0.717, 1.165) is 29.7 Å². The van der Waals surface area contributed by atoms with Gasteiger partial charge in [-0.3, -0.25) is 14.5 Å². The summed E-state index contributed by atoms with van der Waals surface area (Å²) in [5.41, 5.74) is 6.89. The maximum Gasteiger partial charge on any atom is 0.416 e. The van der Waals surface area contributed by atoms with Gasteiger partial charge in [0.25, 0.3) is 5.91 Å². The van der Waals surface area contributed by atoms with Crippen LogP contribution in [-0.4, -0.2) is 39.8 Å². The molecule has 2 aromatic carbocycles. The van der Waals surface area contributed by atoms with Crippen LogP contribution in [0.15, 0.2) is 36.7 Å². The van der Waals surface area contributed by atoms with Crippen molar-refractivity contribution in [2.24, 2.45) is 5.73 Å². The second-order valence-electron chi connectivity index (χ2n) is 7.18. The second-order valence-corrected chi connectivity index (χ2v) is 7.18. The Morgan fingerprint density at radius 1 is 1.20 bits per heavy atom. The third-order valence-corrected chi connectivity index (χ3v) is 5.03. The molecule has 0 fully saturated rings. The molecule has 0 bridgehead atoms. The van der Waals surface area contributed by atoms with Crippen LogP contribution >= 0.6 is 0 Å². The topological polar surface area (TPSA) is 104 Å². The van der Waals surface area contributed by atoms with E-state index in [1.807, 2.05) is 11.0 Å². The molecule has 156 valence electrons. The number of nitrogens with zero attached hydrogens (tertiary/aromatic N) is 2. The fraction of sp³-hybridized carbons (Fsp3) is 0.250. The van der Waals surface area contributed by atoms with Gasteiger partial charge in [-0.15, -0.1) is 0 Å². The van der Waals surface area contributed by atoms with E-state index in [1.165, 1.54) is 6.33 Å². The van der Waals surface area contributed by atoms with Crippen LogP contribution in [0.3, 0.4) is 0 Å². The van der Waals surface area contributed by atoms with Crippen LogP contribution in [-0.2, 0) is 23.9 Å². The van der Waals surface area contributed by atoms with Crippen LogP contribution in [0.4, 0.5) is 18.9 Å². The summed E-state index contributed by atoms with van der Waals surface area (Å²) in [6.07, 6.45) is -2.61. The normalized spacial score (nSPS) is 14.5. The third-order valence-electron chi connectivity index (χ3n) is 5.03. The van der Waals surface area contributed by atoms with Crippen LogP contribution in [0.5, 0.6) is 0 Å². The Kier molecular flexibility index (Phi) is 4.94. The number of nitrogens with two attached hydrogens (primary N) is 1. The lowest BCUT2D eigenvalue weighted by atomic mass is 9.99. The predicted molar refractivity (Wildman–Crippen MR) is 104 cm³/mol. The molecule has 0 spiro atoms. The van der Waals surface area contributed by atoms with Gasteiger partial charge in [-0.25, -0.2) is 4.98 Å². The minimum atomic E-state index is -4.59. The molecule has 2 heterocycles. The molecule has 1 aliphatic heterocycles. The maximum absolute atomic E-state index is 13.2. The predicted octanol–water partition coefficient (Wildman–Crippen LogP) is 2.68. The highest BCUT2D eigenvalue weighted by Gasteiger charge is 2.32. The van der Waals surface area contributed by atoms with Crippen molar-refractivity contribution in [1.29, 1.82) is 0 Å². The number of fused-ring (bicyclic) bond motifs is 2. The van der Waals surface area contributed by atoms with Crippen LogP contribution in [0.1, 0.15) is 27.0 Å². The molecule has 4 rings (SSSR count). The molecule has 0 radical (unpaired) electrons. The Morgan fingerprint density at radius 3 is 2.73 bits per heavy atom. The third kappa shape index (κ3) is 3.99. The van der Waals surface area contributed by atoms with E-state index in [9.17, 15) is 22.8 Å². The standard InChI is InChI=1S/C20H18F3N5O2/c21-20(22,23)13-6-15(18-16(7-13)25-10-26-18)19(30)27-14-2-1-11-3-4-28(9-17(24)29)8-12(11)5-14/h1-2,5-7,10H,3-4,8-9H2,(H2,24,29)(H,25,26)(H,27,30). The Bertz CT molecular complexity index is 1140. The number of amides is 2. The maximum atomic E-state index is 13.2. The van der Waals surface area contributed by atoms with E-state index in [4.69, 9.17) is 5.73 Å².